The Kier molecular flexibility index (Phi) is 6.01. The molecule has 0 amide bonds. The molecule has 1 unspecified atom stereocenters. The predicted molar refractivity (Wildman–Crippen MR) is 70.4 cm³/mol. The van der Waals surface area contributed by atoms with Crippen LogP contribution in [0.25, 0.3) is 0 Å². The Labute approximate surface area is 104 Å². The summed E-state index contributed by atoms with van der Waals surface area (Å²) in [6, 6.07) is 8.41. The van der Waals surface area contributed by atoms with Crippen molar-refractivity contribution in [3.8, 4) is 5.75 Å². The molecule has 96 valence electrons. The lowest BCUT2D eigenvalue weighted by Crippen LogP contribution is -2.20. The fourth-order valence-corrected chi connectivity index (χ4v) is 1.85. The minimum atomic E-state index is 0.205. The van der Waals surface area contributed by atoms with Crippen LogP contribution in [0, 0.1) is 0 Å². The number of ether oxygens (including phenoxy) is 1. The van der Waals surface area contributed by atoms with Crippen molar-refractivity contribution in [2.24, 2.45) is 0 Å². The molecule has 1 N–H and O–H groups in total. The molecule has 1 aromatic carbocycles. The summed E-state index contributed by atoms with van der Waals surface area (Å²) in [5.74, 6) is 0.914. The van der Waals surface area contributed by atoms with E-state index in [2.05, 4.69) is 24.0 Å². The van der Waals surface area contributed by atoms with Crippen molar-refractivity contribution in [1.82, 2.24) is 4.90 Å². The molecule has 3 heteroatoms. The second-order valence-corrected chi connectivity index (χ2v) is 4.41. The van der Waals surface area contributed by atoms with Gasteiger partial charge in [0.2, 0.25) is 0 Å². The highest BCUT2D eigenvalue weighted by Gasteiger charge is 2.13. The summed E-state index contributed by atoms with van der Waals surface area (Å²) in [6.45, 7) is 3.06. The molecule has 0 heterocycles. The molecule has 0 saturated carbocycles. The van der Waals surface area contributed by atoms with Crippen molar-refractivity contribution in [3.63, 3.8) is 0 Å². The standard InChI is InChI=1S/C14H23NO2/c1-4-11-17-13-7-5-12(6-8-13)14(9-10-16)15(2)3/h5-8,14,16H,4,9-11H2,1-3H3. The quantitative estimate of drug-likeness (QED) is 0.790. The van der Waals surface area contributed by atoms with Crippen molar-refractivity contribution in [1.29, 1.82) is 0 Å². The summed E-state index contributed by atoms with van der Waals surface area (Å²) >= 11 is 0. The van der Waals surface area contributed by atoms with Gasteiger partial charge in [0, 0.05) is 12.6 Å². The molecular formula is C14H23NO2. The second kappa shape index (κ2) is 7.30. The van der Waals surface area contributed by atoms with Crippen LogP contribution in [-0.4, -0.2) is 37.3 Å². The summed E-state index contributed by atoms with van der Waals surface area (Å²) in [6.07, 6.45) is 1.77. The number of hydrogen-bond donors (Lipinski definition) is 1. The highest BCUT2D eigenvalue weighted by molar-refractivity contribution is 5.29. The van der Waals surface area contributed by atoms with Gasteiger partial charge >= 0.3 is 0 Å². The van der Waals surface area contributed by atoms with Gasteiger partial charge in [-0.15, -0.1) is 0 Å². The average molecular weight is 237 g/mol. The molecule has 0 radical (unpaired) electrons. The Morgan fingerprint density at radius 2 is 1.88 bits per heavy atom. The molecule has 0 spiro atoms. The third kappa shape index (κ3) is 4.36. The molecule has 1 atom stereocenters. The Bertz CT molecular complexity index is 309. The van der Waals surface area contributed by atoms with E-state index in [9.17, 15) is 0 Å². The van der Waals surface area contributed by atoms with Crippen molar-refractivity contribution in [3.05, 3.63) is 29.8 Å². The van der Waals surface area contributed by atoms with Crippen LogP contribution < -0.4 is 4.74 Å². The largest absolute Gasteiger partial charge is 0.494 e. The lowest BCUT2D eigenvalue weighted by Gasteiger charge is -2.24. The molecule has 0 fully saturated rings. The summed E-state index contributed by atoms with van der Waals surface area (Å²) in [5, 5.41) is 9.07. The Balaban J connectivity index is 2.70. The number of aliphatic hydroxyl groups is 1. The van der Waals surface area contributed by atoms with Gasteiger partial charge in [-0.1, -0.05) is 19.1 Å². The molecule has 1 rings (SSSR count). The first-order valence-corrected chi connectivity index (χ1v) is 6.19. The van der Waals surface area contributed by atoms with Gasteiger partial charge in [-0.05, 0) is 44.6 Å². The van der Waals surface area contributed by atoms with E-state index < -0.39 is 0 Å². The van der Waals surface area contributed by atoms with Gasteiger partial charge in [-0.25, -0.2) is 0 Å². The normalized spacial score (nSPS) is 12.8. The molecule has 0 aliphatic rings. The van der Waals surface area contributed by atoms with Crippen LogP contribution in [0.5, 0.6) is 5.75 Å². The first kappa shape index (κ1) is 14.0. The monoisotopic (exact) mass is 237 g/mol. The molecule has 0 aliphatic carbocycles. The van der Waals surface area contributed by atoms with Crippen LogP contribution >= 0.6 is 0 Å². The maximum Gasteiger partial charge on any atom is 0.119 e. The highest BCUT2D eigenvalue weighted by Crippen LogP contribution is 2.23. The summed E-state index contributed by atoms with van der Waals surface area (Å²) in [7, 11) is 4.06. The lowest BCUT2D eigenvalue weighted by atomic mass is 10.0. The molecule has 0 saturated heterocycles. The SMILES string of the molecule is CCCOc1ccc(C(CCO)N(C)C)cc1. The fourth-order valence-electron chi connectivity index (χ4n) is 1.85. The first-order valence-electron chi connectivity index (χ1n) is 6.19. The third-order valence-corrected chi connectivity index (χ3v) is 2.76. The van der Waals surface area contributed by atoms with Gasteiger partial charge in [-0.3, -0.25) is 0 Å². The average Bonchev–Trinajstić information content (AvgIpc) is 2.34. The molecule has 17 heavy (non-hydrogen) atoms. The molecule has 0 aromatic heterocycles. The van der Waals surface area contributed by atoms with E-state index in [1.807, 2.05) is 26.2 Å². The summed E-state index contributed by atoms with van der Waals surface area (Å²) < 4.78 is 5.55. The molecule has 1 aromatic rings. The van der Waals surface area contributed by atoms with Gasteiger partial charge in [0.1, 0.15) is 5.75 Å². The zero-order valence-electron chi connectivity index (χ0n) is 11.0. The fraction of sp³-hybridized carbons (Fsp3) is 0.571. The predicted octanol–water partition coefficient (Wildman–Crippen LogP) is 2.46. The maximum absolute atomic E-state index is 9.07. The van der Waals surface area contributed by atoms with Crippen LogP contribution in [-0.2, 0) is 0 Å². The topological polar surface area (TPSA) is 32.7 Å². The van der Waals surface area contributed by atoms with Gasteiger partial charge in [0.05, 0.1) is 6.61 Å². The van der Waals surface area contributed by atoms with Crippen LogP contribution in [0.4, 0.5) is 0 Å². The number of aliphatic hydroxyl groups excluding tert-OH is 1. The maximum atomic E-state index is 9.07. The lowest BCUT2D eigenvalue weighted by molar-refractivity contribution is 0.210. The third-order valence-electron chi connectivity index (χ3n) is 2.76. The van der Waals surface area contributed by atoms with Gasteiger partial charge in [0.25, 0.3) is 0 Å². The molecular weight excluding hydrogens is 214 g/mol. The van der Waals surface area contributed by atoms with Crippen molar-refractivity contribution in [2.75, 3.05) is 27.3 Å². The summed E-state index contributed by atoms with van der Waals surface area (Å²) in [4.78, 5) is 2.12. The van der Waals surface area contributed by atoms with E-state index >= 15 is 0 Å². The number of nitrogens with zero attached hydrogens (tertiary/aromatic N) is 1. The van der Waals surface area contributed by atoms with E-state index in [-0.39, 0.29) is 12.6 Å². The van der Waals surface area contributed by atoms with Crippen molar-refractivity contribution in [2.45, 2.75) is 25.8 Å². The number of rotatable bonds is 7. The zero-order valence-corrected chi connectivity index (χ0v) is 11.0. The van der Waals surface area contributed by atoms with E-state index in [0.717, 1.165) is 25.2 Å². The Morgan fingerprint density at radius 3 is 2.35 bits per heavy atom. The Morgan fingerprint density at radius 1 is 1.24 bits per heavy atom. The van der Waals surface area contributed by atoms with Crippen molar-refractivity contribution >= 4 is 0 Å². The smallest absolute Gasteiger partial charge is 0.119 e. The van der Waals surface area contributed by atoms with Gasteiger partial charge in [0.15, 0.2) is 0 Å². The van der Waals surface area contributed by atoms with Gasteiger partial charge in [-0.2, -0.15) is 0 Å². The van der Waals surface area contributed by atoms with Crippen LogP contribution in [0.2, 0.25) is 0 Å². The first-order chi connectivity index (χ1) is 8.19. The van der Waals surface area contributed by atoms with E-state index in [0.29, 0.717) is 0 Å². The van der Waals surface area contributed by atoms with Crippen LogP contribution in [0.3, 0.4) is 0 Å². The van der Waals surface area contributed by atoms with E-state index in [1.165, 1.54) is 5.56 Å². The molecule has 0 bridgehead atoms. The highest BCUT2D eigenvalue weighted by atomic mass is 16.5. The van der Waals surface area contributed by atoms with Crippen molar-refractivity contribution < 1.29 is 9.84 Å². The zero-order chi connectivity index (χ0) is 12.7. The molecule has 3 nitrogen and oxygen atoms in total. The van der Waals surface area contributed by atoms with E-state index in [4.69, 9.17) is 9.84 Å². The second-order valence-electron chi connectivity index (χ2n) is 4.41. The number of hydrogen-bond acceptors (Lipinski definition) is 3. The minimum Gasteiger partial charge on any atom is -0.494 e. The summed E-state index contributed by atoms with van der Waals surface area (Å²) in [5.41, 5.74) is 1.22. The number of benzene rings is 1. The van der Waals surface area contributed by atoms with E-state index in [1.54, 1.807) is 0 Å². The van der Waals surface area contributed by atoms with Crippen LogP contribution in [0.15, 0.2) is 24.3 Å². The molecule has 0 aliphatic heterocycles. The van der Waals surface area contributed by atoms with Crippen LogP contribution in [0.1, 0.15) is 31.4 Å². The Hall–Kier alpha value is -1.06. The minimum absolute atomic E-state index is 0.205. The van der Waals surface area contributed by atoms with Gasteiger partial charge < -0.3 is 14.7 Å².